The molecule has 0 aromatic carbocycles. The van der Waals surface area contributed by atoms with Crippen molar-refractivity contribution in [1.29, 1.82) is 0 Å². The van der Waals surface area contributed by atoms with E-state index in [-0.39, 0.29) is 39.8 Å². The Morgan fingerprint density at radius 3 is 2.50 bits per heavy atom. The van der Waals surface area contributed by atoms with Gasteiger partial charge < -0.3 is 9.84 Å². The average Bonchev–Trinajstić information content (AvgIpc) is 3.25. The lowest BCUT2D eigenvalue weighted by atomic mass is 9.38. The summed E-state index contributed by atoms with van der Waals surface area (Å²) in [6.45, 7) is 11.6. The molecule has 5 aliphatic rings. The summed E-state index contributed by atoms with van der Waals surface area (Å²) >= 11 is 0. The van der Waals surface area contributed by atoms with Crippen LogP contribution >= 0.6 is 0 Å². The summed E-state index contributed by atoms with van der Waals surface area (Å²) < 4.78 is 5.32. The Labute approximate surface area is 180 Å². The third-order valence-electron chi connectivity index (χ3n) is 10.5. The van der Waals surface area contributed by atoms with Gasteiger partial charge in [0.05, 0.1) is 19.1 Å². The highest BCUT2D eigenvalue weighted by Gasteiger charge is 2.67. The smallest absolute Gasteiger partial charge is 0.306 e. The Kier molecular flexibility index (Phi) is 4.16. The fourth-order valence-electron chi connectivity index (χ4n) is 8.81. The van der Waals surface area contributed by atoms with Crippen LogP contribution in [-0.2, 0) is 14.3 Å². The minimum Gasteiger partial charge on any atom is -0.465 e. The van der Waals surface area contributed by atoms with Crippen LogP contribution in [0.1, 0.15) is 66.7 Å². The molecule has 4 nitrogen and oxygen atoms in total. The van der Waals surface area contributed by atoms with Gasteiger partial charge in [-0.25, -0.2) is 0 Å². The van der Waals surface area contributed by atoms with Gasteiger partial charge in [0, 0.05) is 16.7 Å². The van der Waals surface area contributed by atoms with E-state index in [1.54, 1.807) is 0 Å². The number of carbonyl (C=O) groups excluding carboxylic acids is 2. The second kappa shape index (κ2) is 6.09. The van der Waals surface area contributed by atoms with Crippen molar-refractivity contribution in [1.82, 2.24) is 0 Å². The molecule has 3 fully saturated rings. The number of allylic oxidation sites excluding steroid dienone is 3. The van der Waals surface area contributed by atoms with Gasteiger partial charge in [-0.2, -0.15) is 0 Å². The number of hydrogen-bond acceptors (Lipinski definition) is 4. The number of fused-ring (bicyclic) bond motifs is 5. The highest BCUT2D eigenvalue weighted by Crippen LogP contribution is 2.72. The lowest BCUT2D eigenvalue weighted by molar-refractivity contribution is -0.165. The fraction of sp³-hybridized carbons (Fsp3) is 0.769. The van der Waals surface area contributed by atoms with Crippen molar-refractivity contribution in [3.63, 3.8) is 0 Å². The van der Waals surface area contributed by atoms with Gasteiger partial charge in [-0.3, -0.25) is 9.59 Å². The van der Waals surface area contributed by atoms with Crippen LogP contribution in [0.3, 0.4) is 0 Å². The summed E-state index contributed by atoms with van der Waals surface area (Å²) in [7, 11) is 0. The standard InChI is InChI=1S/C26H36O4/c1-23(2)19-13-21(28)26(5)17-7-6-16(15-12-22(29)30-14-15)24(17,3)10-8-18(26)25(19,4)11-9-20(23)27/h7,9,11,15-16,18-19,21,28H,6,8,10,12-14H2,1-5H3/t15-,16-,18+,19?,21+,24-,25+,26-/m0/s1. The maximum absolute atomic E-state index is 12.7. The van der Waals surface area contributed by atoms with Crippen LogP contribution < -0.4 is 0 Å². The number of esters is 1. The molecule has 5 rings (SSSR count). The molecule has 8 atom stereocenters. The van der Waals surface area contributed by atoms with Gasteiger partial charge in [0.15, 0.2) is 5.78 Å². The molecule has 1 heterocycles. The Morgan fingerprint density at radius 2 is 1.83 bits per heavy atom. The Hall–Kier alpha value is -1.42. The third kappa shape index (κ3) is 2.32. The van der Waals surface area contributed by atoms with Gasteiger partial charge in [-0.15, -0.1) is 0 Å². The summed E-state index contributed by atoms with van der Waals surface area (Å²) in [6.07, 6.45) is 10.2. The van der Waals surface area contributed by atoms with Crippen LogP contribution in [-0.4, -0.2) is 29.6 Å². The molecule has 0 radical (unpaired) electrons. The Bertz CT molecular complexity index is 868. The van der Waals surface area contributed by atoms with E-state index in [2.05, 4.69) is 46.8 Å². The maximum atomic E-state index is 12.7. The van der Waals surface area contributed by atoms with Crippen LogP contribution in [0.15, 0.2) is 23.8 Å². The zero-order chi connectivity index (χ0) is 21.7. The summed E-state index contributed by atoms with van der Waals surface area (Å²) in [4.78, 5) is 24.5. The molecule has 1 unspecified atom stereocenters. The first-order valence-corrected chi connectivity index (χ1v) is 11.7. The number of carbonyl (C=O) groups is 2. The molecule has 0 spiro atoms. The van der Waals surface area contributed by atoms with E-state index >= 15 is 0 Å². The zero-order valence-corrected chi connectivity index (χ0v) is 19.0. The predicted molar refractivity (Wildman–Crippen MR) is 114 cm³/mol. The molecule has 30 heavy (non-hydrogen) atoms. The van der Waals surface area contributed by atoms with Gasteiger partial charge in [0.2, 0.25) is 0 Å². The fourth-order valence-corrected chi connectivity index (χ4v) is 8.81. The molecule has 2 saturated carbocycles. The molecule has 1 saturated heterocycles. The third-order valence-corrected chi connectivity index (χ3v) is 10.5. The van der Waals surface area contributed by atoms with Crippen LogP contribution in [0, 0.1) is 45.3 Å². The second-order valence-corrected chi connectivity index (χ2v) is 12.0. The highest BCUT2D eigenvalue weighted by molar-refractivity contribution is 5.95. The first-order valence-electron chi connectivity index (χ1n) is 11.7. The lowest BCUT2D eigenvalue weighted by Gasteiger charge is -2.66. The SMILES string of the molecule is CC1(C)C(=O)C=C[C@@]2(C)C1C[C@@H](O)[C@@]1(C)C3=CC[C@@H]([C@@H]4COC(=O)C4)[C@]3(C)CC[C@@H]12. The van der Waals surface area contributed by atoms with Crippen LogP contribution in [0.5, 0.6) is 0 Å². The van der Waals surface area contributed by atoms with Crippen LogP contribution in [0.2, 0.25) is 0 Å². The van der Waals surface area contributed by atoms with E-state index in [0.29, 0.717) is 31.3 Å². The number of cyclic esters (lactones) is 1. The molecule has 0 aromatic rings. The Balaban J connectivity index is 1.55. The number of ether oxygens (including phenoxy) is 1. The molecule has 164 valence electrons. The molecule has 4 aliphatic carbocycles. The van der Waals surface area contributed by atoms with Crippen molar-refractivity contribution >= 4 is 11.8 Å². The minimum atomic E-state index is -0.453. The van der Waals surface area contributed by atoms with Crippen molar-refractivity contribution in [3.8, 4) is 0 Å². The number of aliphatic hydroxyl groups excluding tert-OH is 1. The van der Waals surface area contributed by atoms with Gasteiger partial charge in [0.1, 0.15) is 0 Å². The Morgan fingerprint density at radius 1 is 1.10 bits per heavy atom. The first kappa shape index (κ1) is 20.5. The lowest BCUT2D eigenvalue weighted by Crippen LogP contribution is -2.63. The van der Waals surface area contributed by atoms with Crippen LogP contribution in [0.25, 0.3) is 0 Å². The largest absolute Gasteiger partial charge is 0.465 e. The monoisotopic (exact) mass is 412 g/mol. The normalized spacial score (nSPS) is 51.7. The molecule has 0 bridgehead atoms. The average molecular weight is 413 g/mol. The molecule has 1 aliphatic heterocycles. The van der Waals surface area contributed by atoms with E-state index in [4.69, 9.17) is 4.74 Å². The van der Waals surface area contributed by atoms with Gasteiger partial charge in [0.25, 0.3) is 0 Å². The van der Waals surface area contributed by atoms with Crippen molar-refractivity contribution in [2.75, 3.05) is 6.61 Å². The van der Waals surface area contributed by atoms with E-state index < -0.39 is 11.5 Å². The number of ketones is 1. The van der Waals surface area contributed by atoms with E-state index in [9.17, 15) is 14.7 Å². The van der Waals surface area contributed by atoms with Gasteiger partial charge in [-0.05, 0) is 60.3 Å². The maximum Gasteiger partial charge on any atom is 0.306 e. The summed E-state index contributed by atoms with van der Waals surface area (Å²) in [5.74, 6) is 1.28. The summed E-state index contributed by atoms with van der Waals surface area (Å²) in [6, 6.07) is 0. The van der Waals surface area contributed by atoms with Crippen LogP contribution in [0.4, 0.5) is 0 Å². The predicted octanol–water partition coefficient (Wildman–Crippen LogP) is 4.47. The van der Waals surface area contributed by atoms with Crippen molar-refractivity contribution in [3.05, 3.63) is 23.8 Å². The van der Waals surface area contributed by atoms with Crippen molar-refractivity contribution in [2.45, 2.75) is 72.8 Å². The molecule has 0 aromatic heterocycles. The quantitative estimate of drug-likeness (QED) is 0.510. The molecular weight excluding hydrogens is 376 g/mol. The molecule has 4 heteroatoms. The van der Waals surface area contributed by atoms with E-state index in [1.807, 2.05) is 6.08 Å². The van der Waals surface area contributed by atoms with E-state index in [0.717, 1.165) is 19.3 Å². The molecule has 0 amide bonds. The summed E-state index contributed by atoms with van der Waals surface area (Å²) in [5.41, 5.74) is 0.583. The zero-order valence-electron chi connectivity index (χ0n) is 19.0. The topological polar surface area (TPSA) is 63.6 Å². The minimum absolute atomic E-state index is 0.0117. The van der Waals surface area contributed by atoms with Crippen molar-refractivity contribution < 1.29 is 19.4 Å². The highest BCUT2D eigenvalue weighted by atomic mass is 16.5. The first-order chi connectivity index (χ1) is 14.0. The van der Waals surface area contributed by atoms with Gasteiger partial charge >= 0.3 is 5.97 Å². The van der Waals surface area contributed by atoms with E-state index in [1.165, 1.54) is 5.57 Å². The number of hydrogen-bond donors (Lipinski definition) is 1. The number of aliphatic hydroxyl groups is 1. The van der Waals surface area contributed by atoms with Crippen molar-refractivity contribution in [2.24, 2.45) is 45.3 Å². The second-order valence-electron chi connectivity index (χ2n) is 12.0. The number of rotatable bonds is 1. The molecule has 1 N–H and O–H groups in total. The summed E-state index contributed by atoms with van der Waals surface area (Å²) in [5, 5.41) is 11.6. The molecular formula is C26H36O4. The van der Waals surface area contributed by atoms with Gasteiger partial charge in [-0.1, -0.05) is 52.3 Å².